The van der Waals surface area contributed by atoms with Crippen molar-refractivity contribution in [2.75, 3.05) is 0 Å². The molecule has 1 amide bonds. The molecule has 0 aromatic heterocycles. The molecular formula is C16H22N2O. The van der Waals surface area contributed by atoms with E-state index in [1.807, 2.05) is 32.0 Å². The lowest BCUT2D eigenvalue weighted by molar-refractivity contribution is -0.121. The number of rotatable bonds is 7. The van der Waals surface area contributed by atoms with Crippen molar-refractivity contribution in [1.29, 1.82) is 5.26 Å². The van der Waals surface area contributed by atoms with Crippen LogP contribution in [0.4, 0.5) is 0 Å². The van der Waals surface area contributed by atoms with Gasteiger partial charge in [0.2, 0.25) is 5.91 Å². The normalized spacial score (nSPS) is 11.9. The number of nitriles is 1. The fourth-order valence-corrected chi connectivity index (χ4v) is 1.98. The fourth-order valence-electron chi connectivity index (χ4n) is 1.98. The molecule has 0 aliphatic heterocycles. The van der Waals surface area contributed by atoms with Crippen molar-refractivity contribution in [3.05, 3.63) is 35.9 Å². The van der Waals surface area contributed by atoms with E-state index in [1.54, 1.807) is 0 Å². The molecule has 3 nitrogen and oxygen atoms in total. The summed E-state index contributed by atoms with van der Waals surface area (Å²) in [5.74, 6) is 0.386. The quantitative estimate of drug-likeness (QED) is 0.817. The molecule has 1 rings (SSSR count). The second-order valence-corrected chi connectivity index (χ2v) is 5.22. The minimum atomic E-state index is -0.357. The summed E-state index contributed by atoms with van der Waals surface area (Å²) in [6.45, 7) is 4.10. The van der Waals surface area contributed by atoms with Gasteiger partial charge in [-0.05, 0) is 30.7 Å². The van der Waals surface area contributed by atoms with E-state index in [1.165, 1.54) is 5.56 Å². The summed E-state index contributed by atoms with van der Waals surface area (Å²) in [7, 11) is 0. The van der Waals surface area contributed by atoms with Gasteiger partial charge in [0, 0.05) is 6.42 Å². The molecule has 1 N–H and O–H groups in total. The number of nitrogens with one attached hydrogen (secondary N) is 1. The minimum absolute atomic E-state index is 0.0249. The largest absolute Gasteiger partial charge is 0.340 e. The van der Waals surface area contributed by atoms with Crippen molar-refractivity contribution in [2.45, 2.75) is 45.6 Å². The molecule has 1 aromatic carbocycles. The van der Waals surface area contributed by atoms with E-state index in [9.17, 15) is 4.79 Å². The maximum atomic E-state index is 11.7. The maximum Gasteiger partial charge on any atom is 0.221 e. The van der Waals surface area contributed by atoms with E-state index in [0.717, 1.165) is 12.8 Å². The molecule has 0 saturated heterocycles. The molecule has 3 heteroatoms. The Hall–Kier alpha value is -1.82. The van der Waals surface area contributed by atoms with Crippen LogP contribution in [-0.4, -0.2) is 11.9 Å². The van der Waals surface area contributed by atoms with Gasteiger partial charge in [0.05, 0.1) is 6.07 Å². The molecule has 102 valence electrons. The Labute approximate surface area is 115 Å². The lowest BCUT2D eigenvalue weighted by Gasteiger charge is -2.13. The van der Waals surface area contributed by atoms with E-state index < -0.39 is 0 Å². The lowest BCUT2D eigenvalue weighted by atomic mass is 10.0. The SMILES string of the molecule is CC(C)CC(C#N)NC(=O)CCCc1ccccc1. The summed E-state index contributed by atoms with van der Waals surface area (Å²) in [4.78, 5) is 11.7. The van der Waals surface area contributed by atoms with Gasteiger partial charge in [-0.2, -0.15) is 5.26 Å². The summed E-state index contributed by atoms with van der Waals surface area (Å²) in [5, 5.41) is 11.7. The first-order chi connectivity index (χ1) is 9.11. The zero-order valence-corrected chi connectivity index (χ0v) is 11.7. The van der Waals surface area contributed by atoms with E-state index in [4.69, 9.17) is 5.26 Å². The van der Waals surface area contributed by atoms with E-state index in [-0.39, 0.29) is 11.9 Å². The number of hydrogen-bond acceptors (Lipinski definition) is 2. The average molecular weight is 258 g/mol. The fraction of sp³-hybridized carbons (Fsp3) is 0.500. The van der Waals surface area contributed by atoms with Crippen LogP contribution in [0.5, 0.6) is 0 Å². The van der Waals surface area contributed by atoms with Crippen LogP contribution in [0.25, 0.3) is 0 Å². The maximum absolute atomic E-state index is 11.7. The molecule has 0 aliphatic rings. The standard InChI is InChI=1S/C16H22N2O/c1-13(2)11-15(12-17)18-16(19)10-6-9-14-7-4-3-5-8-14/h3-5,7-8,13,15H,6,9-11H2,1-2H3,(H,18,19). The number of carbonyl (C=O) groups excluding carboxylic acids is 1. The van der Waals surface area contributed by atoms with Gasteiger partial charge >= 0.3 is 0 Å². The van der Waals surface area contributed by atoms with Crippen LogP contribution < -0.4 is 5.32 Å². The van der Waals surface area contributed by atoms with Crippen LogP contribution in [0.3, 0.4) is 0 Å². The smallest absolute Gasteiger partial charge is 0.221 e. The number of nitrogens with zero attached hydrogens (tertiary/aromatic N) is 1. The first-order valence-corrected chi connectivity index (χ1v) is 6.84. The topological polar surface area (TPSA) is 52.9 Å². The Morgan fingerprint density at radius 1 is 1.32 bits per heavy atom. The highest BCUT2D eigenvalue weighted by Crippen LogP contribution is 2.06. The highest BCUT2D eigenvalue weighted by Gasteiger charge is 2.12. The monoisotopic (exact) mass is 258 g/mol. The average Bonchev–Trinajstić information content (AvgIpc) is 2.38. The Morgan fingerprint density at radius 2 is 2.00 bits per heavy atom. The third kappa shape index (κ3) is 6.61. The lowest BCUT2D eigenvalue weighted by Crippen LogP contribution is -2.34. The van der Waals surface area contributed by atoms with Crippen molar-refractivity contribution in [2.24, 2.45) is 5.92 Å². The van der Waals surface area contributed by atoms with E-state index in [0.29, 0.717) is 18.8 Å². The third-order valence-electron chi connectivity index (χ3n) is 2.91. The van der Waals surface area contributed by atoms with Crippen molar-refractivity contribution < 1.29 is 4.79 Å². The van der Waals surface area contributed by atoms with Crippen LogP contribution in [0, 0.1) is 17.2 Å². The van der Waals surface area contributed by atoms with Gasteiger partial charge in [-0.1, -0.05) is 44.2 Å². The van der Waals surface area contributed by atoms with Crippen LogP contribution in [-0.2, 0) is 11.2 Å². The van der Waals surface area contributed by atoms with Crippen molar-refractivity contribution in [3.8, 4) is 6.07 Å². The number of hydrogen-bond donors (Lipinski definition) is 1. The number of amides is 1. The predicted molar refractivity (Wildman–Crippen MR) is 76.4 cm³/mol. The zero-order chi connectivity index (χ0) is 14.1. The molecular weight excluding hydrogens is 236 g/mol. The second-order valence-electron chi connectivity index (χ2n) is 5.22. The molecule has 1 unspecified atom stereocenters. The highest BCUT2D eigenvalue weighted by molar-refractivity contribution is 5.76. The molecule has 0 bridgehead atoms. The molecule has 0 radical (unpaired) electrons. The Bertz CT molecular complexity index is 420. The van der Waals surface area contributed by atoms with Crippen molar-refractivity contribution >= 4 is 5.91 Å². The van der Waals surface area contributed by atoms with Gasteiger partial charge in [-0.15, -0.1) is 0 Å². The number of aryl methyl sites for hydroxylation is 1. The third-order valence-corrected chi connectivity index (χ3v) is 2.91. The van der Waals surface area contributed by atoms with Crippen LogP contribution in [0.15, 0.2) is 30.3 Å². The van der Waals surface area contributed by atoms with E-state index >= 15 is 0 Å². The van der Waals surface area contributed by atoms with Gasteiger partial charge in [0.15, 0.2) is 0 Å². The van der Waals surface area contributed by atoms with Crippen molar-refractivity contribution in [1.82, 2.24) is 5.32 Å². The second kappa shape index (κ2) is 8.31. The van der Waals surface area contributed by atoms with Gasteiger partial charge in [-0.3, -0.25) is 4.79 Å². The molecule has 0 spiro atoms. The Balaban J connectivity index is 2.26. The molecule has 1 aromatic rings. The summed E-state index contributed by atoms with van der Waals surface area (Å²) in [5.41, 5.74) is 1.24. The van der Waals surface area contributed by atoms with Crippen LogP contribution >= 0.6 is 0 Å². The Morgan fingerprint density at radius 3 is 2.58 bits per heavy atom. The number of benzene rings is 1. The van der Waals surface area contributed by atoms with Crippen molar-refractivity contribution in [3.63, 3.8) is 0 Å². The molecule has 19 heavy (non-hydrogen) atoms. The van der Waals surface area contributed by atoms with Crippen LogP contribution in [0.1, 0.15) is 38.7 Å². The number of carbonyl (C=O) groups is 1. The summed E-state index contributed by atoms with van der Waals surface area (Å²) >= 11 is 0. The molecule has 0 saturated carbocycles. The van der Waals surface area contributed by atoms with Gasteiger partial charge in [-0.25, -0.2) is 0 Å². The molecule has 0 fully saturated rings. The van der Waals surface area contributed by atoms with Gasteiger partial charge < -0.3 is 5.32 Å². The summed E-state index contributed by atoms with van der Waals surface area (Å²) in [6.07, 6.45) is 2.90. The molecule has 0 aliphatic carbocycles. The van der Waals surface area contributed by atoms with Crippen LogP contribution in [0.2, 0.25) is 0 Å². The molecule has 1 atom stereocenters. The summed E-state index contributed by atoms with van der Waals surface area (Å²) in [6, 6.07) is 11.9. The van der Waals surface area contributed by atoms with E-state index in [2.05, 4.69) is 23.5 Å². The predicted octanol–water partition coefficient (Wildman–Crippen LogP) is 3.06. The molecule has 0 heterocycles. The Kier molecular flexibility index (Phi) is 6.67. The zero-order valence-electron chi connectivity index (χ0n) is 11.7. The summed E-state index contributed by atoms with van der Waals surface area (Å²) < 4.78 is 0. The first-order valence-electron chi connectivity index (χ1n) is 6.84. The minimum Gasteiger partial charge on any atom is -0.340 e. The highest BCUT2D eigenvalue weighted by atomic mass is 16.1. The van der Waals surface area contributed by atoms with Gasteiger partial charge in [0.25, 0.3) is 0 Å². The first kappa shape index (κ1) is 15.2. The van der Waals surface area contributed by atoms with Gasteiger partial charge in [0.1, 0.15) is 6.04 Å².